The quantitative estimate of drug-likeness (QED) is 0.686. The van der Waals surface area contributed by atoms with Gasteiger partial charge in [-0.2, -0.15) is 5.10 Å². The zero-order valence-electron chi connectivity index (χ0n) is 13.7. The van der Waals surface area contributed by atoms with Crippen LogP contribution in [0, 0.1) is 5.82 Å². The molecule has 1 amide bonds. The number of ether oxygens (including phenoxy) is 1. The lowest BCUT2D eigenvalue weighted by Gasteiger charge is -2.13. The third-order valence-electron chi connectivity index (χ3n) is 3.58. The van der Waals surface area contributed by atoms with Crippen LogP contribution in [0.25, 0.3) is 5.69 Å². The minimum Gasteiger partial charge on any atom is -0.405 e. The predicted molar refractivity (Wildman–Crippen MR) is 87.8 cm³/mol. The van der Waals surface area contributed by atoms with Crippen LogP contribution in [0.2, 0.25) is 0 Å². The number of rotatable bonds is 5. The summed E-state index contributed by atoms with van der Waals surface area (Å²) in [5, 5.41) is 6.42. The first kappa shape index (κ1) is 18.4. The number of carbonyl (C=O) groups is 1. The lowest BCUT2D eigenvalue weighted by molar-refractivity contribution is -0.274. The lowest BCUT2D eigenvalue weighted by Crippen LogP contribution is -2.24. The molecule has 9 heteroatoms. The highest BCUT2D eigenvalue weighted by Gasteiger charge is 2.32. The Bertz CT molecular complexity index is 954. The van der Waals surface area contributed by atoms with Crippen molar-refractivity contribution in [3.63, 3.8) is 0 Å². The van der Waals surface area contributed by atoms with Crippen LogP contribution in [0.15, 0.2) is 60.9 Å². The van der Waals surface area contributed by atoms with Gasteiger partial charge in [-0.15, -0.1) is 13.2 Å². The molecule has 3 rings (SSSR count). The van der Waals surface area contributed by atoms with Crippen LogP contribution in [0.1, 0.15) is 15.9 Å². The molecule has 0 radical (unpaired) electrons. The summed E-state index contributed by atoms with van der Waals surface area (Å²) >= 11 is 0. The van der Waals surface area contributed by atoms with Crippen molar-refractivity contribution in [1.82, 2.24) is 15.1 Å². The molecule has 140 valence electrons. The molecule has 0 bridgehead atoms. The minimum absolute atomic E-state index is 0.132. The summed E-state index contributed by atoms with van der Waals surface area (Å²) < 4.78 is 56.2. The molecular formula is C18H13F4N3O2. The third-order valence-corrected chi connectivity index (χ3v) is 3.58. The Morgan fingerprint density at radius 1 is 1.11 bits per heavy atom. The van der Waals surface area contributed by atoms with E-state index in [4.69, 9.17) is 0 Å². The van der Waals surface area contributed by atoms with Crippen LogP contribution in [0.4, 0.5) is 17.6 Å². The number of para-hydroxylation sites is 2. The Balaban J connectivity index is 1.70. The van der Waals surface area contributed by atoms with E-state index in [0.29, 0.717) is 0 Å². The molecular weight excluding hydrogens is 366 g/mol. The van der Waals surface area contributed by atoms with Crippen molar-refractivity contribution in [3.05, 3.63) is 77.9 Å². The first-order valence-corrected chi connectivity index (χ1v) is 7.75. The second-order valence-corrected chi connectivity index (χ2v) is 5.46. The van der Waals surface area contributed by atoms with Crippen molar-refractivity contribution in [2.75, 3.05) is 0 Å². The molecule has 1 aromatic heterocycles. The number of aromatic nitrogens is 2. The van der Waals surface area contributed by atoms with Gasteiger partial charge in [0.05, 0.1) is 11.8 Å². The zero-order chi connectivity index (χ0) is 19.4. The van der Waals surface area contributed by atoms with E-state index in [1.807, 2.05) is 0 Å². The fraction of sp³-hybridized carbons (Fsp3) is 0.111. The van der Waals surface area contributed by atoms with E-state index in [1.165, 1.54) is 53.5 Å². The van der Waals surface area contributed by atoms with E-state index >= 15 is 0 Å². The standard InChI is InChI=1S/C18H13F4N3O2/c19-14-6-2-3-7-15(14)25-11-13(10-24-25)17(26)23-9-12-5-1-4-8-16(12)27-18(20,21)22/h1-8,10-11H,9H2,(H,23,26). The number of hydrogen-bond acceptors (Lipinski definition) is 3. The van der Waals surface area contributed by atoms with Crippen LogP contribution in [-0.2, 0) is 6.54 Å². The maximum atomic E-state index is 13.8. The van der Waals surface area contributed by atoms with Gasteiger partial charge in [-0.25, -0.2) is 9.07 Å². The molecule has 0 aliphatic heterocycles. The molecule has 0 aliphatic carbocycles. The number of nitrogens with one attached hydrogen (secondary N) is 1. The Morgan fingerprint density at radius 3 is 2.56 bits per heavy atom. The fourth-order valence-corrected chi connectivity index (χ4v) is 2.36. The average Bonchev–Trinajstić information content (AvgIpc) is 3.10. The minimum atomic E-state index is -4.83. The average molecular weight is 379 g/mol. The Kier molecular flexibility index (Phi) is 5.11. The number of alkyl halides is 3. The lowest BCUT2D eigenvalue weighted by atomic mass is 10.2. The maximum absolute atomic E-state index is 13.8. The molecule has 0 fully saturated rings. The maximum Gasteiger partial charge on any atom is 0.573 e. The first-order chi connectivity index (χ1) is 12.8. The fourth-order valence-electron chi connectivity index (χ4n) is 2.36. The van der Waals surface area contributed by atoms with E-state index < -0.39 is 23.8 Å². The van der Waals surface area contributed by atoms with Gasteiger partial charge in [-0.3, -0.25) is 4.79 Å². The summed E-state index contributed by atoms with van der Waals surface area (Å²) in [7, 11) is 0. The summed E-state index contributed by atoms with van der Waals surface area (Å²) in [5.41, 5.74) is 0.456. The molecule has 1 heterocycles. The molecule has 0 unspecified atom stereocenters. The number of nitrogens with zero attached hydrogens (tertiary/aromatic N) is 2. The second-order valence-electron chi connectivity index (χ2n) is 5.46. The van der Waals surface area contributed by atoms with E-state index in [0.717, 1.165) is 6.07 Å². The number of hydrogen-bond donors (Lipinski definition) is 1. The van der Waals surface area contributed by atoms with Crippen LogP contribution < -0.4 is 10.1 Å². The summed E-state index contributed by atoms with van der Waals surface area (Å²) in [6.45, 7) is -0.185. The Hall–Kier alpha value is -3.36. The molecule has 0 atom stereocenters. The van der Waals surface area contributed by atoms with Crippen LogP contribution in [0.3, 0.4) is 0 Å². The molecule has 5 nitrogen and oxygen atoms in total. The number of carbonyl (C=O) groups excluding carboxylic acids is 1. The van der Waals surface area contributed by atoms with Crippen LogP contribution in [-0.4, -0.2) is 22.1 Å². The van der Waals surface area contributed by atoms with Gasteiger partial charge >= 0.3 is 6.36 Å². The molecule has 0 saturated heterocycles. The molecule has 0 saturated carbocycles. The van der Waals surface area contributed by atoms with Crippen molar-refractivity contribution in [2.24, 2.45) is 0 Å². The number of amides is 1. The molecule has 3 aromatic rings. The van der Waals surface area contributed by atoms with Crippen molar-refractivity contribution < 1.29 is 27.1 Å². The van der Waals surface area contributed by atoms with Gasteiger partial charge in [-0.1, -0.05) is 30.3 Å². The normalized spacial score (nSPS) is 11.3. The second kappa shape index (κ2) is 7.48. The van der Waals surface area contributed by atoms with Crippen LogP contribution in [0.5, 0.6) is 5.75 Å². The highest BCUT2D eigenvalue weighted by molar-refractivity contribution is 5.93. The van der Waals surface area contributed by atoms with Crippen molar-refractivity contribution in [3.8, 4) is 11.4 Å². The highest BCUT2D eigenvalue weighted by Crippen LogP contribution is 2.26. The van der Waals surface area contributed by atoms with Crippen molar-refractivity contribution >= 4 is 5.91 Å². The molecule has 0 aliphatic rings. The molecule has 2 aromatic carbocycles. The first-order valence-electron chi connectivity index (χ1n) is 7.75. The van der Waals surface area contributed by atoms with Gasteiger partial charge in [0, 0.05) is 18.3 Å². The summed E-state index contributed by atoms with van der Waals surface area (Å²) in [6.07, 6.45) is -2.27. The topological polar surface area (TPSA) is 56.1 Å². The van der Waals surface area contributed by atoms with Crippen molar-refractivity contribution in [1.29, 1.82) is 0 Å². The Morgan fingerprint density at radius 2 is 1.81 bits per heavy atom. The van der Waals surface area contributed by atoms with E-state index in [-0.39, 0.29) is 23.4 Å². The van der Waals surface area contributed by atoms with E-state index in [2.05, 4.69) is 15.2 Å². The van der Waals surface area contributed by atoms with Gasteiger partial charge in [0.25, 0.3) is 5.91 Å². The summed E-state index contributed by atoms with van der Waals surface area (Å²) in [5.74, 6) is -1.47. The van der Waals surface area contributed by atoms with Crippen LogP contribution >= 0.6 is 0 Å². The van der Waals surface area contributed by atoms with E-state index in [1.54, 1.807) is 6.07 Å². The third kappa shape index (κ3) is 4.63. The molecule has 27 heavy (non-hydrogen) atoms. The Labute approximate surface area is 151 Å². The molecule has 0 spiro atoms. The summed E-state index contributed by atoms with van der Waals surface area (Å²) in [6, 6.07) is 11.4. The number of halogens is 4. The van der Waals surface area contributed by atoms with Gasteiger partial charge < -0.3 is 10.1 Å². The van der Waals surface area contributed by atoms with Gasteiger partial charge in [-0.05, 0) is 18.2 Å². The summed E-state index contributed by atoms with van der Waals surface area (Å²) in [4.78, 5) is 12.2. The predicted octanol–water partition coefficient (Wildman–Crippen LogP) is 3.84. The van der Waals surface area contributed by atoms with Gasteiger partial charge in [0.15, 0.2) is 0 Å². The molecule has 1 N–H and O–H groups in total. The van der Waals surface area contributed by atoms with Gasteiger partial charge in [0.2, 0.25) is 0 Å². The monoisotopic (exact) mass is 379 g/mol. The highest BCUT2D eigenvalue weighted by atomic mass is 19.4. The van der Waals surface area contributed by atoms with E-state index in [9.17, 15) is 22.4 Å². The van der Waals surface area contributed by atoms with Crippen molar-refractivity contribution in [2.45, 2.75) is 12.9 Å². The smallest absolute Gasteiger partial charge is 0.405 e. The SMILES string of the molecule is O=C(NCc1ccccc1OC(F)(F)F)c1cnn(-c2ccccc2F)c1. The number of benzene rings is 2. The largest absolute Gasteiger partial charge is 0.573 e. The van der Waals surface area contributed by atoms with Gasteiger partial charge in [0.1, 0.15) is 17.3 Å². The zero-order valence-corrected chi connectivity index (χ0v) is 13.7.